The third kappa shape index (κ3) is 2.10. The molecule has 0 radical (unpaired) electrons. The van der Waals surface area contributed by atoms with Gasteiger partial charge in [-0.25, -0.2) is 0 Å². The zero-order valence-electron chi connectivity index (χ0n) is 14.5. The van der Waals surface area contributed by atoms with Crippen molar-refractivity contribution in [1.82, 2.24) is 0 Å². The highest BCUT2D eigenvalue weighted by Gasteiger charge is 2.43. The van der Waals surface area contributed by atoms with Crippen LogP contribution in [0.15, 0.2) is 70.9 Å². The number of hydrogen-bond donors (Lipinski definition) is 0. The van der Waals surface area contributed by atoms with E-state index in [1.807, 2.05) is 0 Å². The summed E-state index contributed by atoms with van der Waals surface area (Å²) >= 11 is 0. The van der Waals surface area contributed by atoms with E-state index < -0.39 is 8.07 Å². The predicted molar refractivity (Wildman–Crippen MR) is 102 cm³/mol. The van der Waals surface area contributed by atoms with Gasteiger partial charge in [-0.15, -0.1) is 0 Å². The molecule has 2 aromatic rings. The van der Waals surface area contributed by atoms with Gasteiger partial charge in [-0.05, 0) is 42.5 Å². The molecule has 0 bridgehead atoms. The first-order chi connectivity index (χ1) is 11.0. The lowest BCUT2D eigenvalue weighted by Gasteiger charge is -2.33. The van der Waals surface area contributed by atoms with E-state index in [2.05, 4.69) is 81.5 Å². The van der Waals surface area contributed by atoms with Gasteiger partial charge in [0.2, 0.25) is 0 Å². The molecule has 0 heterocycles. The van der Waals surface area contributed by atoms with E-state index in [0.29, 0.717) is 5.54 Å². The van der Waals surface area contributed by atoms with E-state index in [4.69, 9.17) is 0 Å². The average molecular weight is 317 g/mol. The molecular weight excluding hydrogens is 292 g/mol. The molecule has 0 aliphatic heterocycles. The van der Waals surface area contributed by atoms with Crippen molar-refractivity contribution in [2.75, 3.05) is 0 Å². The summed E-state index contributed by atoms with van der Waals surface area (Å²) in [5.74, 6) is 0. The summed E-state index contributed by atoms with van der Waals surface area (Å²) in [6.07, 6.45) is 3.68. The third-order valence-electron chi connectivity index (χ3n) is 5.90. The van der Waals surface area contributed by atoms with Crippen LogP contribution < -0.4 is 0 Å². The lowest BCUT2D eigenvalue weighted by Crippen LogP contribution is -2.37. The number of fused-ring (bicyclic) bond motifs is 3. The van der Waals surface area contributed by atoms with Crippen LogP contribution in [-0.2, 0) is 0 Å². The van der Waals surface area contributed by atoms with Crippen molar-refractivity contribution in [2.24, 2.45) is 0 Å². The van der Waals surface area contributed by atoms with Crippen LogP contribution in [0.5, 0.6) is 0 Å². The van der Waals surface area contributed by atoms with Crippen molar-refractivity contribution in [3.8, 4) is 11.1 Å². The van der Waals surface area contributed by atoms with E-state index in [9.17, 15) is 0 Å². The molecule has 0 fully saturated rings. The van der Waals surface area contributed by atoms with Crippen molar-refractivity contribution >= 4 is 8.07 Å². The van der Waals surface area contributed by atoms with Crippen LogP contribution in [0.4, 0.5) is 0 Å². The van der Waals surface area contributed by atoms with Gasteiger partial charge >= 0.3 is 0 Å². The van der Waals surface area contributed by atoms with Crippen molar-refractivity contribution in [1.29, 1.82) is 0 Å². The lowest BCUT2D eigenvalue weighted by atomic mass is 10.1. The Morgan fingerprint density at radius 1 is 0.826 bits per heavy atom. The van der Waals surface area contributed by atoms with Crippen LogP contribution in [-0.4, -0.2) is 8.07 Å². The Labute approximate surface area is 140 Å². The summed E-state index contributed by atoms with van der Waals surface area (Å²) < 4.78 is 0. The molecule has 1 heteroatoms. The standard InChI is InChI=1S/C22H24Si/c1-15-13-17(14-16(15)2)23(3,4)22-20-11-7-5-9-18(20)19-10-6-8-12-21(19)22/h5-13,22H,14H2,1-4H3. The molecule has 0 nitrogen and oxygen atoms in total. The fourth-order valence-electron chi connectivity index (χ4n) is 4.39. The van der Waals surface area contributed by atoms with Gasteiger partial charge in [0.1, 0.15) is 0 Å². The van der Waals surface area contributed by atoms with Gasteiger partial charge in [0.25, 0.3) is 0 Å². The molecule has 2 aliphatic rings. The Bertz CT molecular complexity index is 806. The highest BCUT2D eigenvalue weighted by molar-refractivity contribution is 6.86. The largest absolute Gasteiger partial charge is 0.0881 e. The van der Waals surface area contributed by atoms with Crippen LogP contribution in [0.2, 0.25) is 13.1 Å². The number of hydrogen-bond acceptors (Lipinski definition) is 0. The number of allylic oxidation sites excluding steroid dienone is 4. The first kappa shape index (κ1) is 14.7. The maximum absolute atomic E-state index is 2.56. The highest BCUT2D eigenvalue weighted by Crippen LogP contribution is 2.51. The number of rotatable bonds is 2. The zero-order chi connectivity index (χ0) is 16.2. The molecule has 0 amide bonds. The minimum atomic E-state index is -1.60. The fourth-order valence-corrected chi connectivity index (χ4v) is 8.13. The predicted octanol–water partition coefficient (Wildman–Crippen LogP) is 6.25. The molecule has 0 unspecified atom stereocenters. The molecule has 2 aliphatic carbocycles. The second-order valence-electron chi connectivity index (χ2n) is 7.64. The maximum Gasteiger partial charge on any atom is 0.0881 e. The van der Waals surface area contributed by atoms with Gasteiger partial charge in [0, 0.05) is 5.54 Å². The maximum atomic E-state index is 2.56. The molecule has 0 N–H and O–H groups in total. The van der Waals surface area contributed by atoms with Crippen molar-refractivity contribution in [3.05, 3.63) is 82.1 Å². The molecule has 0 spiro atoms. The monoisotopic (exact) mass is 316 g/mol. The Kier molecular flexibility index (Phi) is 3.24. The molecule has 0 saturated carbocycles. The molecule has 23 heavy (non-hydrogen) atoms. The molecule has 0 aromatic heterocycles. The van der Waals surface area contributed by atoms with Crippen LogP contribution >= 0.6 is 0 Å². The van der Waals surface area contributed by atoms with Gasteiger partial charge in [-0.2, -0.15) is 0 Å². The minimum absolute atomic E-state index is 0.583. The van der Waals surface area contributed by atoms with Crippen LogP contribution in [0.1, 0.15) is 36.9 Å². The van der Waals surface area contributed by atoms with Crippen molar-refractivity contribution in [2.45, 2.75) is 38.9 Å². The summed E-state index contributed by atoms with van der Waals surface area (Å²) in [6, 6.07) is 18.1. The van der Waals surface area contributed by atoms with Gasteiger partial charge in [-0.1, -0.05) is 84.0 Å². The second kappa shape index (κ2) is 5.07. The molecule has 4 rings (SSSR count). The fraction of sp³-hybridized carbons (Fsp3) is 0.273. The Balaban J connectivity index is 1.88. The van der Waals surface area contributed by atoms with Gasteiger partial charge < -0.3 is 0 Å². The normalized spacial score (nSPS) is 17.3. The van der Waals surface area contributed by atoms with Crippen LogP contribution in [0.25, 0.3) is 11.1 Å². The van der Waals surface area contributed by atoms with Crippen LogP contribution in [0.3, 0.4) is 0 Å². The first-order valence-corrected chi connectivity index (χ1v) is 11.6. The number of benzene rings is 2. The molecular formula is C22H24Si. The van der Waals surface area contributed by atoms with E-state index in [0.717, 1.165) is 0 Å². The lowest BCUT2D eigenvalue weighted by molar-refractivity contribution is 1.09. The van der Waals surface area contributed by atoms with E-state index >= 15 is 0 Å². The Morgan fingerprint density at radius 2 is 1.35 bits per heavy atom. The zero-order valence-corrected chi connectivity index (χ0v) is 15.5. The third-order valence-corrected chi connectivity index (χ3v) is 9.94. The van der Waals surface area contributed by atoms with E-state index in [1.54, 1.807) is 21.9 Å². The van der Waals surface area contributed by atoms with Crippen molar-refractivity contribution in [3.63, 3.8) is 0 Å². The van der Waals surface area contributed by atoms with Crippen molar-refractivity contribution < 1.29 is 0 Å². The summed E-state index contributed by atoms with van der Waals surface area (Å²) in [7, 11) is -1.60. The smallest absolute Gasteiger partial charge is 0.0756 e. The quantitative estimate of drug-likeness (QED) is 0.574. The van der Waals surface area contributed by atoms with Gasteiger partial charge in [0.15, 0.2) is 0 Å². The minimum Gasteiger partial charge on any atom is -0.0756 e. The summed E-state index contributed by atoms with van der Waals surface area (Å²) in [5.41, 5.74) is 9.63. The van der Waals surface area contributed by atoms with Crippen LogP contribution in [0, 0.1) is 0 Å². The Hall–Kier alpha value is -1.86. The highest BCUT2D eigenvalue weighted by atomic mass is 28.3. The average Bonchev–Trinajstić information content (AvgIpc) is 3.06. The molecule has 0 atom stereocenters. The Morgan fingerprint density at radius 3 is 1.83 bits per heavy atom. The second-order valence-corrected chi connectivity index (χ2v) is 12.3. The van der Waals surface area contributed by atoms with Gasteiger partial charge in [0.05, 0.1) is 8.07 Å². The van der Waals surface area contributed by atoms with E-state index in [1.165, 1.54) is 23.1 Å². The molecule has 2 aromatic carbocycles. The SMILES string of the molecule is CC1=C(C)CC([Si](C)(C)C2c3ccccc3-c3ccccc32)=C1. The summed E-state index contributed by atoms with van der Waals surface area (Å²) in [6.45, 7) is 9.69. The topological polar surface area (TPSA) is 0 Å². The summed E-state index contributed by atoms with van der Waals surface area (Å²) in [4.78, 5) is 0. The first-order valence-electron chi connectivity index (χ1n) is 8.56. The molecule has 0 saturated heterocycles. The summed E-state index contributed by atoms with van der Waals surface area (Å²) in [5, 5.41) is 1.71. The van der Waals surface area contributed by atoms with E-state index in [-0.39, 0.29) is 0 Å². The van der Waals surface area contributed by atoms with Gasteiger partial charge in [-0.3, -0.25) is 0 Å². The molecule has 116 valence electrons.